The number of fused-ring (bicyclic) bond motifs is 1. The van der Waals surface area contributed by atoms with E-state index in [1.54, 1.807) is 0 Å². The van der Waals surface area contributed by atoms with E-state index < -0.39 is 0 Å². The summed E-state index contributed by atoms with van der Waals surface area (Å²) in [6.45, 7) is 5.78. The molecule has 3 rings (SSSR count). The van der Waals surface area contributed by atoms with Gasteiger partial charge in [-0.15, -0.1) is 0 Å². The minimum atomic E-state index is 0.138. The molecule has 5 heteroatoms. The number of thioether (sulfide) groups is 1. The van der Waals surface area contributed by atoms with Gasteiger partial charge in [0.1, 0.15) is 11.1 Å². The van der Waals surface area contributed by atoms with Crippen molar-refractivity contribution >= 4 is 28.6 Å². The molecule has 2 aromatic rings. The van der Waals surface area contributed by atoms with Gasteiger partial charge in [-0.05, 0) is 49.9 Å². The van der Waals surface area contributed by atoms with Crippen molar-refractivity contribution in [1.82, 2.24) is 9.88 Å². The lowest BCUT2D eigenvalue weighted by Crippen LogP contribution is -2.29. The summed E-state index contributed by atoms with van der Waals surface area (Å²) in [6.07, 6.45) is 2.18. The summed E-state index contributed by atoms with van der Waals surface area (Å²) in [5.41, 5.74) is 3.70. The monoisotopic (exact) mass is 325 g/mol. The minimum absolute atomic E-state index is 0.138. The highest BCUT2D eigenvalue weighted by atomic mass is 32.2. The van der Waals surface area contributed by atoms with Gasteiger partial charge in [0.25, 0.3) is 0 Å². The van der Waals surface area contributed by atoms with Crippen LogP contribution in [0.1, 0.15) is 29.5 Å². The molecule has 1 aromatic carbocycles. The highest BCUT2D eigenvalue weighted by molar-refractivity contribution is 8.00. The van der Waals surface area contributed by atoms with Crippen molar-refractivity contribution in [3.8, 4) is 6.07 Å². The van der Waals surface area contributed by atoms with E-state index in [1.807, 2.05) is 30.9 Å². The highest BCUT2D eigenvalue weighted by Gasteiger charge is 2.19. The molecular weight excluding hydrogens is 306 g/mol. The van der Waals surface area contributed by atoms with Gasteiger partial charge in [-0.1, -0.05) is 17.8 Å². The van der Waals surface area contributed by atoms with E-state index in [9.17, 15) is 10.1 Å². The first-order chi connectivity index (χ1) is 11.1. The van der Waals surface area contributed by atoms with E-state index in [0.717, 1.165) is 48.0 Å². The number of pyridine rings is 1. The third-order valence-electron chi connectivity index (χ3n) is 4.16. The molecule has 0 unspecified atom stereocenters. The zero-order chi connectivity index (χ0) is 16.4. The molecule has 23 heavy (non-hydrogen) atoms. The van der Waals surface area contributed by atoms with E-state index in [0.29, 0.717) is 16.3 Å². The number of likely N-dealkylation sites (tertiary alicyclic amines) is 1. The first-order valence-corrected chi connectivity index (χ1v) is 8.80. The summed E-state index contributed by atoms with van der Waals surface area (Å²) in [4.78, 5) is 18.7. The summed E-state index contributed by atoms with van der Waals surface area (Å²) < 4.78 is 0. The molecule has 0 bridgehead atoms. The SMILES string of the molecule is Cc1cc(C)c2cc(C#N)c(SCC(=O)N3CCCC3)nc2c1. The third-order valence-corrected chi connectivity index (χ3v) is 5.14. The van der Waals surface area contributed by atoms with Crippen molar-refractivity contribution < 1.29 is 4.79 Å². The fourth-order valence-corrected chi connectivity index (χ4v) is 3.86. The van der Waals surface area contributed by atoms with Crippen LogP contribution in [0.2, 0.25) is 0 Å². The molecule has 118 valence electrons. The number of carbonyl (C=O) groups is 1. The second-order valence-electron chi connectivity index (χ2n) is 5.98. The van der Waals surface area contributed by atoms with Gasteiger partial charge in [-0.25, -0.2) is 4.98 Å². The normalized spacial score (nSPS) is 14.2. The van der Waals surface area contributed by atoms with Crippen LogP contribution in [0.4, 0.5) is 0 Å². The zero-order valence-corrected chi connectivity index (χ0v) is 14.2. The fraction of sp³-hybridized carbons (Fsp3) is 0.389. The van der Waals surface area contributed by atoms with Crippen LogP contribution in [-0.2, 0) is 4.79 Å². The van der Waals surface area contributed by atoms with E-state index >= 15 is 0 Å². The number of nitrogens with zero attached hydrogens (tertiary/aromatic N) is 3. The number of carbonyl (C=O) groups excluding carboxylic acids is 1. The molecule has 0 aliphatic carbocycles. The number of hydrogen-bond acceptors (Lipinski definition) is 4. The average molecular weight is 325 g/mol. The van der Waals surface area contributed by atoms with Crippen LogP contribution in [0.3, 0.4) is 0 Å². The van der Waals surface area contributed by atoms with Gasteiger partial charge in [0.2, 0.25) is 5.91 Å². The molecule has 1 aliphatic heterocycles. The smallest absolute Gasteiger partial charge is 0.232 e. The number of aryl methyl sites for hydroxylation is 2. The number of benzene rings is 1. The quantitative estimate of drug-likeness (QED) is 0.811. The predicted molar refractivity (Wildman–Crippen MR) is 92.5 cm³/mol. The van der Waals surface area contributed by atoms with Crippen LogP contribution < -0.4 is 0 Å². The first-order valence-electron chi connectivity index (χ1n) is 7.81. The fourth-order valence-electron chi connectivity index (χ4n) is 2.99. The van der Waals surface area contributed by atoms with Gasteiger partial charge >= 0.3 is 0 Å². The number of nitriles is 1. The molecule has 1 aromatic heterocycles. The molecule has 0 N–H and O–H groups in total. The van der Waals surface area contributed by atoms with Crippen LogP contribution in [0.5, 0.6) is 0 Å². The Morgan fingerprint density at radius 1 is 1.30 bits per heavy atom. The lowest BCUT2D eigenvalue weighted by molar-refractivity contribution is -0.127. The Morgan fingerprint density at radius 2 is 2.04 bits per heavy atom. The Morgan fingerprint density at radius 3 is 2.74 bits per heavy atom. The van der Waals surface area contributed by atoms with Crippen LogP contribution in [-0.4, -0.2) is 34.6 Å². The third kappa shape index (κ3) is 3.32. The topological polar surface area (TPSA) is 57.0 Å². The lowest BCUT2D eigenvalue weighted by atomic mass is 10.1. The van der Waals surface area contributed by atoms with Crippen LogP contribution >= 0.6 is 11.8 Å². The second kappa shape index (κ2) is 6.59. The van der Waals surface area contributed by atoms with Gasteiger partial charge in [0.05, 0.1) is 16.8 Å². The Balaban J connectivity index is 1.87. The van der Waals surface area contributed by atoms with Gasteiger partial charge in [0, 0.05) is 18.5 Å². The molecule has 4 nitrogen and oxygen atoms in total. The van der Waals surface area contributed by atoms with Crippen molar-refractivity contribution in [2.75, 3.05) is 18.8 Å². The van der Waals surface area contributed by atoms with Gasteiger partial charge < -0.3 is 4.90 Å². The van der Waals surface area contributed by atoms with E-state index in [4.69, 9.17) is 0 Å². The Bertz CT molecular complexity index is 804. The zero-order valence-electron chi connectivity index (χ0n) is 13.4. The largest absolute Gasteiger partial charge is 0.342 e. The van der Waals surface area contributed by atoms with Crippen molar-refractivity contribution in [3.63, 3.8) is 0 Å². The maximum absolute atomic E-state index is 12.2. The molecule has 0 saturated carbocycles. The van der Waals surface area contributed by atoms with Crippen LogP contribution in [0.15, 0.2) is 23.2 Å². The van der Waals surface area contributed by atoms with Crippen LogP contribution in [0, 0.1) is 25.2 Å². The van der Waals surface area contributed by atoms with Crippen molar-refractivity contribution in [1.29, 1.82) is 5.26 Å². The van der Waals surface area contributed by atoms with Crippen LogP contribution in [0.25, 0.3) is 10.9 Å². The average Bonchev–Trinajstić information content (AvgIpc) is 3.06. The van der Waals surface area contributed by atoms with Gasteiger partial charge in [-0.3, -0.25) is 4.79 Å². The number of amides is 1. The van der Waals surface area contributed by atoms with Gasteiger partial charge in [-0.2, -0.15) is 5.26 Å². The molecule has 0 atom stereocenters. The van der Waals surface area contributed by atoms with E-state index in [1.165, 1.54) is 11.8 Å². The molecule has 1 amide bonds. The summed E-state index contributed by atoms with van der Waals surface area (Å²) in [5.74, 6) is 0.483. The molecular formula is C18H19N3OS. The van der Waals surface area contributed by atoms with Crippen molar-refractivity contribution in [3.05, 3.63) is 34.9 Å². The number of hydrogen-bond donors (Lipinski definition) is 0. The molecule has 2 heterocycles. The summed E-state index contributed by atoms with van der Waals surface area (Å²) in [6, 6.07) is 8.22. The first kappa shape index (κ1) is 15.8. The Hall–Kier alpha value is -2.06. The lowest BCUT2D eigenvalue weighted by Gasteiger charge is -2.15. The number of aromatic nitrogens is 1. The minimum Gasteiger partial charge on any atom is -0.342 e. The Labute approximate surface area is 140 Å². The molecule has 0 radical (unpaired) electrons. The standard InChI is InChI=1S/C18H19N3OS/c1-12-7-13(2)15-9-14(10-19)18(20-16(15)8-12)23-11-17(22)21-5-3-4-6-21/h7-9H,3-6,11H2,1-2H3. The summed E-state index contributed by atoms with van der Waals surface area (Å²) >= 11 is 1.37. The maximum atomic E-state index is 12.2. The van der Waals surface area contributed by atoms with Crippen molar-refractivity contribution in [2.24, 2.45) is 0 Å². The second-order valence-corrected chi connectivity index (χ2v) is 6.94. The number of rotatable bonds is 3. The highest BCUT2D eigenvalue weighted by Crippen LogP contribution is 2.27. The summed E-state index contributed by atoms with van der Waals surface area (Å²) in [5, 5.41) is 11.1. The summed E-state index contributed by atoms with van der Waals surface area (Å²) in [7, 11) is 0. The van der Waals surface area contributed by atoms with Crippen molar-refractivity contribution in [2.45, 2.75) is 31.7 Å². The molecule has 1 aliphatic rings. The predicted octanol–water partition coefficient (Wildman–Crippen LogP) is 3.44. The molecule has 0 spiro atoms. The molecule has 1 fully saturated rings. The van der Waals surface area contributed by atoms with Gasteiger partial charge in [0.15, 0.2) is 0 Å². The molecule has 1 saturated heterocycles. The van der Waals surface area contributed by atoms with E-state index in [2.05, 4.69) is 17.1 Å². The van der Waals surface area contributed by atoms with E-state index in [-0.39, 0.29) is 5.91 Å². The maximum Gasteiger partial charge on any atom is 0.232 e. The Kier molecular flexibility index (Phi) is 4.53.